The minimum absolute atomic E-state index is 0.0157. The molecule has 1 aromatic carbocycles. The summed E-state index contributed by atoms with van der Waals surface area (Å²) in [5, 5.41) is 0. The monoisotopic (exact) mass is 290 g/mol. The quantitative estimate of drug-likeness (QED) is 0.621. The zero-order chi connectivity index (χ0) is 15.4. The molecule has 0 fully saturated rings. The number of esters is 1. The van der Waals surface area contributed by atoms with E-state index in [1.807, 2.05) is 0 Å². The number of furan rings is 1. The number of ketones is 1. The van der Waals surface area contributed by atoms with E-state index in [0.29, 0.717) is 11.5 Å². The van der Waals surface area contributed by atoms with Crippen LogP contribution in [-0.4, -0.2) is 33.1 Å². The van der Waals surface area contributed by atoms with Crippen LogP contribution in [0.15, 0.2) is 34.7 Å². The summed E-state index contributed by atoms with van der Waals surface area (Å²) in [6.45, 7) is 0. The maximum absolute atomic E-state index is 12.4. The second-order valence-electron chi connectivity index (χ2n) is 4.05. The number of carbonyl (C=O) groups is 2. The summed E-state index contributed by atoms with van der Waals surface area (Å²) in [6, 6.07) is 7.63. The van der Waals surface area contributed by atoms with Crippen molar-refractivity contribution >= 4 is 11.8 Å². The van der Waals surface area contributed by atoms with Crippen LogP contribution < -0.4 is 9.47 Å². The average molecular weight is 290 g/mol. The Morgan fingerprint density at radius 1 is 0.952 bits per heavy atom. The van der Waals surface area contributed by atoms with Gasteiger partial charge in [0.1, 0.15) is 11.5 Å². The van der Waals surface area contributed by atoms with Gasteiger partial charge >= 0.3 is 5.97 Å². The van der Waals surface area contributed by atoms with E-state index in [-0.39, 0.29) is 17.1 Å². The number of methoxy groups -OCH3 is 3. The van der Waals surface area contributed by atoms with Crippen molar-refractivity contribution in [3.05, 3.63) is 47.4 Å². The Balaban J connectivity index is 2.39. The first-order valence-electron chi connectivity index (χ1n) is 6.05. The summed E-state index contributed by atoms with van der Waals surface area (Å²) in [7, 11) is 4.19. The van der Waals surface area contributed by atoms with E-state index in [9.17, 15) is 9.59 Å². The van der Waals surface area contributed by atoms with Crippen LogP contribution in [0.25, 0.3) is 0 Å². The Kier molecular flexibility index (Phi) is 4.27. The van der Waals surface area contributed by atoms with Gasteiger partial charge in [0.25, 0.3) is 0 Å². The number of rotatable bonds is 5. The zero-order valence-corrected chi connectivity index (χ0v) is 11.8. The number of hydrogen-bond donors (Lipinski definition) is 0. The highest BCUT2D eigenvalue weighted by Gasteiger charge is 2.21. The van der Waals surface area contributed by atoms with Crippen molar-refractivity contribution in [3.63, 3.8) is 0 Å². The highest BCUT2D eigenvalue weighted by molar-refractivity contribution is 6.09. The number of ether oxygens (including phenoxy) is 3. The molecule has 6 heteroatoms. The van der Waals surface area contributed by atoms with E-state index in [2.05, 4.69) is 4.74 Å². The molecule has 0 saturated heterocycles. The Bertz CT molecular complexity index is 671. The van der Waals surface area contributed by atoms with Crippen LogP contribution in [-0.2, 0) is 4.74 Å². The third-order valence-corrected chi connectivity index (χ3v) is 2.87. The minimum Gasteiger partial charge on any atom is -0.497 e. The van der Waals surface area contributed by atoms with Crippen molar-refractivity contribution < 1.29 is 28.2 Å². The van der Waals surface area contributed by atoms with E-state index in [4.69, 9.17) is 13.9 Å². The van der Waals surface area contributed by atoms with Gasteiger partial charge in [0.2, 0.25) is 11.5 Å². The third-order valence-electron chi connectivity index (χ3n) is 2.87. The van der Waals surface area contributed by atoms with Crippen LogP contribution in [0.5, 0.6) is 11.5 Å². The maximum atomic E-state index is 12.4. The van der Waals surface area contributed by atoms with Crippen LogP contribution in [0.2, 0.25) is 0 Å². The van der Waals surface area contributed by atoms with Crippen molar-refractivity contribution in [1.29, 1.82) is 0 Å². The summed E-state index contributed by atoms with van der Waals surface area (Å²) in [5.41, 5.74) is 0.280. The highest BCUT2D eigenvalue weighted by atomic mass is 16.5. The van der Waals surface area contributed by atoms with Crippen LogP contribution >= 0.6 is 0 Å². The van der Waals surface area contributed by atoms with Crippen molar-refractivity contribution in [1.82, 2.24) is 0 Å². The molecular formula is C15H14O6. The summed E-state index contributed by atoms with van der Waals surface area (Å²) in [5.74, 6) is -0.187. The van der Waals surface area contributed by atoms with Gasteiger partial charge in [-0.15, -0.1) is 0 Å². The molecule has 0 spiro atoms. The Morgan fingerprint density at radius 2 is 1.67 bits per heavy atom. The molecule has 0 saturated carbocycles. The van der Waals surface area contributed by atoms with Gasteiger partial charge in [-0.25, -0.2) is 4.79 Å². The van der Waals surface area contributed by atoms with Gasteiger partial charge in [0, 0.05) is 0 Å². The van der Waals surface area contributed by atoms with Crippen molar-refractivity contribution in [3.8, 4) is 11.5 Å². The molecule has 1 heterocycles. The average Bonchev–Trinajstić information content (AvgIpc) is 3.02. The molecule has 0 amide bonds. The molecule has 110 valence electrons. The smallest absolute Gasteiger partial charge is 0.373 e. The van der Waals surface area contributed by atoms with Crippen molar-refractivity contribution in [2.45, 2.75) is 0 Å². The molecule has 2 rings (SSSR count). The van der Waals surface area contributed by atoms with Gasteiger partial charge in [-0.1, -0.05) is 0 Å². The lowest BCUT2D eigenvalue weighted by Crippen LogP contribution is -2.04. The predicted octanol–water partition coefficient (Wildman–Crippen LogP) is 2.31. The van der Waals surface area contributed by atoms with Gasteiger partial charge in [-0.05, 0) is 30.3 Å². The van der Waals surface area contributed by atoms with Crippen LogP contribution in [0.1, 0.15) is 26.7 Å². The molecule has 0 radical (unpaired) electrons. The van der Waals surface area contributed by atoms with Gasteiger partial charge in [0.05, 0.1) is 26.9 Å². The number of hydrogen-bond acceptors (Lipinski definition) is 6. The SMILES string of the molecule is COC(=O)c1ccc(C(=O)c2cc(OC)ccc2OC)o1. The first-order valence-corrected chi connectivity index (χ1v) is 6.05. The molecule has 0 aliphatic heterocycles. The molecule has 1 aromatic heterocycles. The highest BCUT2D eigenvalue weighted by Crippen LogP contribution is 2.27. The lowest BCUT2D eigenvalue weighted by molar-refractivity contribution is 0.0563. The standard InChI is InChI=1S/C15H14O6/c1-18-9-4-5-11(19-2)10(8-9)14(16)12-6-7-13(21-12)15(17)20-3/h4-8H,1-3H3. The van der Waals surface area contributed by atoms with Crippen LogP contribution in [0, 0.1) is 0 Å². The lowest BCUT2D eigenvalue weighted by Gasteiger charge is -2.08. The number of carbonyl (C=O) groups excluding carboxylic acids is 2. The fourth-order valence-corrected chi connectivity index (χ4v) is 1.79. The fourth-order valence-electron chi connectivity index (χ4n) is 1.79. The van der Waals surface area contributed by atoms with Gasteiger partial charge < -0.3 is 18.6 Å². The molecule has 2 aromatic rings. The second kappa shape index (κ2) is 6.13. The maximum Gasteiger partial charge on any atom is 0.373 e. The Labute approximate surface area is 121 Å². The predicted molar refractivity (Wildman–Crippen MR) is 73.0 cm³/mol. The Hall–Kier alpha value is -2.76. The molecule has 0 N–H and O–H groups in total. The van der Waals surface area contributed by atoms with E-state index in [0.717, 1.165) is 0 Å². The van der Waals surface area contributed by atoms with Gasteiger partial charge in [-0.3, -0.25) is 4.79 Å². The normalized spacial score (nSPS) is 10.0. The number of benzene rings is 1. The van der Waals surface area contributed by atoms with Crippen molar-refractivity contribution in [2.24, 2.45) is 0 Å². The summed E-state index contributed by atoms with van der Waals surface area (Å²) in [4.78, 5) is 23.8. The van der Waals surface area contributed by atoms with Crippen LogP contribution in [0.3, 0.4) is 0 Å². The van der Waals surface area contributed by atoms with E-state index >= 15 is 0 Å². The fraction of sp³-hybridized carbons (Fsp3) is 0.200. The summed E-state index contributed by atoms with van der Waals surface area (Å²) >= 11 is 0. The van der Waals surface area contributed by atoms with E-state index in [1.54, 1.807) is 18.2 Å². The first-order chi connectivity index (χ1) is 10.1. The first kappa shape index (κ1) is 14.6. The molecule has 0 bridgehead atoms. The second-order valence-corrected chi connectivity index (χ2v) is 4.05. The van der Waals surface area contributed by atoms with Gasteiger partial charge in [0.15, 0.2) is 5.76 Å². The molecular weight excluding hydrogens is 276 g/mol. The van der Waals surface area contributed by atoms with E-state index < -0.39 is 11.8 Å². The topological polar surface area (TPSA) is 75.0 Å². The summed E-state index contributed by atoms with van der Waals surface area (Å²) in [6.07, 6.45) is 0. The molecule has 6 nitrogen and oxygen atoms in total. The molecule has 0 aliphatic rings. The molecule has 0 aliphatic carbocycles. The minimum atomic E-state index is -0.647. The van der Waals surface area contributed by atoms with Crippen molar-refractivity contribution in [2.75, 3.05) is 21.3 Å². The Morgan fingerprint density at radius 3 is 2.29 bits per heavy atom. The molecule has 0 unspecified atom stereocenters. The molecule has 0 atom stereocenters. The third kappa shape index (κ3) is 2.89. The summed E-state index contributed by atoms with van der Waals surface area (Å²) < 4.78 is 20.0. The van der Waals surface area contributed by atoms with Gasteiger partial charge in [-0.2, -0.15) is 0 Å². The van der Waals surface area contributed by atoms with Crippen LogP contribution in [0.4, 0.5) is 0 Å². The largest absolute Gasteiger partial charge is 0.497 e. The van der Waals surface area contributed by atoms with E-state index in [1.165, 1.54) is 33.5 Å². The molecule has 21 heavy (non-hydrogen) atoms. The zero-order valence-electron chi connectivity index (χ0n) is 11.8. The lowest BCUT2D eigenvalue weighted by atomic mass is 10.1.